The molecule has 0 bridgehead atoms. The zero-order valence-corrected chi connectivity index (χ0v) is 14.6. The Bertz CT molecular complexity index is 561. The Morgan fingerprint density at radius 2 is 1.91 bits per heavy atom. The lowest BCUT2D eigenvalue weighted by molar-refractivity contribution is 0.242. The van der Waals surface area contributed by atoms with Gasteiger partial charge in [0, 0.05) is 6.04 Å². The summed E-state index contributed by atoms with van der Waals surface area (Å²) >= 11 is 0. The van der Waals surface area contributed by atoms with Gasteiger partial charge in [-0.05, 0) is 63.4 Å². The molecule has 3 N–H and O–H groups in total. The first-order valence-electron chi connectivity index (χ1n) is 7.41. The van der Waals surface area contributed by atoms with Gasteiger partial charge in [0.15, 0.2) is 0 Å². The fraction of sp³-hybridized carbons (Fsp3) is 0.600. The van der Waals surface area contributed by atoms with E-state index in [9.17, 15) is 8.42 Å². The average molecular weight is 349 g/mol. The molecule has 22 heavy (non-hydrogen) atoms. The SMILES string of the molecule is CC(C)Oc1ccc(S(=O)(=O)NC2CCCC2CN)cc1.Cl. The molecule has 2 rings (SSSR count). The van der Waals surface area contributed by atoms with Crippen LogP contribution >= 0.6 is 12.4 Å². The summed E-state index contributed by atoms with van der Waals surface area (Å²) in [5.74, 6) is 0.910. The lowest BCUT2D eigenvalue weighted by Gasteiger charge is -2.19. The van der Waals surface area contributed by atoms with Gasteiger partial charge in [-0.2, -0.15) is 0 Å². The Balaban J connectivity index is 0.00000242. The number of ether oxygens (including phenoxy) is 1. The minimum Gasteiger partial charge on any atom is -0.491 e. The van der Waals surface area contributed by atoms with Crippen molar-refractivity contribution in [3.05, 3.63) is 24.3 Å². The Labute approximate surface area is 139 Å². The van der Waals surface area contributed by atoms with Crippen LogP contribution in [0, 0.1) is 5.92 Å². The fourth-order valence-corrected chi connectivity index (χ4v) is 4.05. The molecule has 1 fully saturated rings. The second-order valence-corrected chi connectivity index (χ2v) is 7.51. The van der Waals surface area contributed by atoms with Gasteiger partial charge in [0.25, 0.3) is 0 Å². The molecule has 0 aromatic heterocycles. The number of hydrogen-bond acceptors (Lipinski definition) is 4. The van der Waals surface area contributed by atoms with Crippen LogP contribution in [0.3, 0.4) is 0 Å². The molecular formula is C15H25ClN2O3S. The summed E-state index contributed by atoms with van der Waals surface area (Å²) in [6, 6.07) is 6.47. The van der Waals surface area contributed by atoms with Crippen molar-refractivity contribution in [2.24, 2.45) is 11.7 Å². The van der Waals surface area contributed by atoms with Crippen LogP contribution in [0.15, 0.2) is 29.2 Å². The quantitative estimate of drug-likeness (QED) is 0.826. The van der Waals surface area contributed by atoms with Crippen LogP contribution in [-0.4, -0.2) is 27.1 Å². The number of benzene rings is 1. The molecule has 0 spiro atoms. The zero-order valence-electron chi connectivity index (χ0n) is 13.0. The van der Waals surface area contributed by atoms with Crippen LogP contribution in [-0.2, 0) is 10.0 Å². The Kier molecular flexibility index (Phi) is 7.12. The summed E-state index contributed by atoms with van der Waals surface area (Å²) in [6.07, 6.45) is 2.94. The third-order valence-electron chi connectivity index (χ3n) is 3.77. The van der Waals surface area contributed by atoms with Gasteiger partial charge in [-0.15, -0.1) is 12.4 Å². The first-order valence-corrected chi connectivity index (χ1v) is 8.90. The molecule has 1 saturated carbocycles. The van der Waals surface area contributed by atoms with Gasteiger partial charge in [-0.25, -0.2) is 13.1 Å². The highest BCUT2D eigenvalue weighted by atomic mass is 35.5. The van der Waals surface area contributed by atoms with E-state index in [4.69, 9.17) is 10.5 Å². The third-order valence-corrected chi connectivity index (χ3v) is 5.28. The number of sulfonamides is 1. The van der Waals surface area contributed by atoms with Crippen LogP contribution in [0.2, 0.25) is 0 Å². The summed E-state index contributed by atoms with van der Waals surface area (Å²) in [5.41, 5.74) is 5.70. The van der Waals surface area contributed by atoms with Gasteiger partial charge < -0.3 is 10.5 Å². The molecule has 1 aromatic carbocycles. The van der Waals surface area contributed by atoms with E-state index in [2.05, 4.69) is 4.72 Å². The van der Waals surface area contributed by atoms with Gasteiger partial charge >= 0.3 is 0 Å². The van der Waals surface area contributed by atoms with Crippen LogP contribution in [0.1, 0.15) is 33.1 Å². The molecule has 0 saturated heterocycles. The van der Waals surface area contributed by atoms with Crippen molar-refractivity contribution >= 4 is 22.4 Å². The normalized spacial score (nSPS) is 21.6. The molecule has 0 amide bonds. The maximum Gasteiger partial charge on any atom is 0.240 e. The fourth-order valence-electron chi connectivity index (χ4n) is 2.71. The standard InChI is InChI=1S/C15H24N2O3S.ClH/c1-11(2)20-13-6-8-14(9-7-13)21(18,19)17-15-5-3-4-12(15)10-16;/h6-9,11-12,15,17H,3-5,10,16H2,1-2H3;1H. The Morgan fingerprint density at radius 3 is 2.45 bits per heavy atom. The minimum atomic E-state index is -3.49. The molecule has 1 aliphatic carbocycles. The lowest BCUT2D eigenvalue weighted by Crippen LogP contribution is -2.39. The van der Waals surface area contributed by atoms with Crippen LogP contribution in [0.5, 0.6) is 5.75 Å². The van der Waals surface area contributed by atoms with E-state index in [1.165, 1.54) is 0 Å². The van der Waals surface area contributed by atoms with E-state index in [1.54, 1.807) is 24.3 Å². The van der Waals surface area contributed by atoms with Crippen molar-refractivity contribution < 1.29 is 13.2 Å². The van der Waals surface area contributed by atoms with Gasteiger partial charge in [-0.1, -0.05) is 6.42 Å². The first-order chi connectivity index (χ1) is 9.92. The molecule has 1 aliphatic rings. The van der Waals surface area contributed by atoms with Crippen molar-refractivity contribution in [1.82, 2.24) is 4.72 Å². The number of nitrogens with one attached hydrogen (secondary N) is 1. The Hall–Kier alpha value is -0.820. The molecular weight excluding hydrogens is 324 g/mol. The molecule has 5 nitrogen and oxygen atoms in total. The first kappa shape index (κ1) is 19.2. The molecule has 126 valence electrons. The minimum absolute atomic E-state index is 0. The molecule has 1 aromatic rings. The molecule has 2 atom stereocenters. The topological polar surface area (TPSA) is 81.4 Å². The van der Waals surface area contributed by atoms with Crippen molar-refractivity contribution in [1.29, 1.82) is 0 Å². The predicted octanol–water partition coefficient (Wildman–Crippen LogP) is 2.30. The van der Waals surface area contributed by atoms with E-state index in [0.717, 1.165) is 19.3 Å². The zero-order chi connectivity index (χ0) is 15.5. The van der Waals surface area contributed by atoms with Crippen molar-refractivity contribution in [3.8, 4) is 5.75 Å². The number of nitrogens with two attached hydrogens (primary N) is 1. The summed E-state index contributed by atoms with van der Waals surface area (Å²) in [4.78, 5) is 0.265. The Morgan fingerprint density at radius 1 is 1.27 bits per heavy atom. The highest BCUT2D eigenvalue weighted by molar-refractivity contribution is 7.89. The molecule has 0 aliphatic heterocycles. The van der Waals surface area contributed by atoms with Crippen molar-refractivity contribution in [3.63, 3.8) is 0 Å². The van der Waals surface area contributed by atoms with E-state index >= 15 is 0 Å². The average Bonchev–Trinajstić information content (AvgIpc) is 2.85. The van der Waals surface area contributed by atoms with Crippen LogP contribution in [0.25, 0.3) is 0 Å². The summed E-state index contributed by atoms with van der Waals surface area (Å²) in [7, 11) is -3.49. The smallest absolute Gasteiger partial charge is 0.240 e. The van der Waals surface area contributed by atoms with Crippen molar-refractivity contribution in [2.45, 2.75) is 50.2 Å². The maximum absolute atomic E-state index is 12.4. The summed E-state index contributed by atoms with van der Waals surface area (Å²) in [5, 5.41) is 0. The van der Waals surface area contributed by atoms with Crippen LogP contribution in [0.4, 0.5) is 0 Å². The number of halogens is 1. The van der Waals surface area contributed by atoms with Crippen molar-refractivity contribution in [2.75, 3.05) is 6.54 Å². The van der Waals surface area contributed by atoms with Gasteiger partial charge in [0.1, 0.15) is 5.75 Å². The molecule has 2 unspecified atom stereocenters. The molecule has 0 heterocycles. The number of rotatable bonds is 6. The molecule has 7 heteroatoms. The second-order valence-electron chi connectivity index (χ2n) is 5.79. The lowest BCUT2D eigenvalue weighted by atomic mass is 10.1. The maximum atomic E-state index is 12.4. The second kappa shape index (κ2) is 8.15. The van der Waals surface area contributed by atoms with Gasteiger partial charge in [0.2, 0.25) is 10.0 Å². The summed E-state index contributed by atoms with van der Waals surface area (Å²) in [6.45, 7) is 4.38. The monoisotopic (exact) mass is 348 g/mol. The highest BCUT2D eigenvalue weighted by Gasteiger charge is 2.30. The van der Waals surface area contributed by atoms with Crippen LogP contribution < -0.4 is 15.2 Å². The van der Waals surface area contributed by atoms with Gasteiger partial charge in [-0.3, -0.25) is 0 Å². The van der Waals surface area contributed by atoms with E-state index < -0.39 is 10.0 Å². The largest absolute Gasteiger partial charge is 0.491 e. The van der Waals surface area contributed by atoms with E-state index in [0.29, 0.717) is 12.3 Å². The molecule has 0 radical (unpaired) electrons. The van der Waals surface area contributed by atoms with E-state index in [1.807, 2.05) is 13.8 Å². The number of hydrogen-bond donors (Lipinski definition) is 2. The van der Waals surface area contributed by atoms with Gasteiger partial charge in [0.05, 0.1) is 11.0 Å². The predicted molar refractivity (Wildman–Crippen MR) is 90.0 cm³/mol. The third kappa shape index (κ3) is 4.84. The summed E-state index contributed by atoms with van der Waals surface area (Å²) < 4.78 is 33.1. The van der Waals surface area contributed by atoms with E-state index in [-0.39, 0.29) is 35.4 Å². The highest BCUT2D eigenvalue weighted by Crippen LogP contribution is 2.26.